The molecular weight excluding hydrogens is 196 g/mol. The Morgan fingerprint density at radius 2 is 2.25 bits per heavy atom. The molecule has 1 aromatic rings. The van der Waals surface area contributed by atoms with Gasteiger partial charge in [-0.2, -0.15) is 5.26 Å². The number of benzene rings is 1. The van der Waals surface area contributed by atoms with Crippen molar-refractivity contribution in [2.75, 3.05) is 6.54 Å². The van der Waals surface area contributed by atoms with Crippen LogP contribution in [0.2, 0.25) is 0 Å². The predicted octanol–water partition coefficient (Wildman–Crippen LogP) is 2.65. The van der Waals surface area contributed by atoms with Crippen molar-refractivity contribution in [2.24, 2.45) is 17.6 Å². The first-order valence-electron chi connectivity index (χ1n) is 5.96. The number of nitriles is 1. The minimum atomic E-state index is 0.404. The fourth-order valence-electron chi connectivity index (χ4n) is 2.44. The van der Waals surface area contributed by atoms with Gasteiger partial charge >= 0.3 is 0 Å². The molecule has 84 valence electrons. The van der Waals surface area contributed by atoms with Gasteiger partial charge < -0.3 is 5.73 Å². The fraction of sp³-hybridized carbons (Fsp3) is 0.500. The third-order valence-electron chi connectivity index (χ3n) is 3.70. The van der Waals surface area contributed by atoms with Crippen LogP contribution < -0.4 is 5.73 Å². The molecule has 1 aliphatic rings. The summed E-state index contributed by atoms with van der Waals surface area (Å²) in [6.07, 6.45) is 2.69. The third kappa shape index (κ3) is 2.25. The second-order valence-electron chi connectivity index (χ2n) is 4.78. The zero-order valence-corrected chi connectivity index (χ0v) is 9.69. The van der Waals surface area contributed by atoms with Gasteiger partial charge in [0.15, 0.2) is 0 Å². The molecule has 0 aliphatic heterocycles. The molecule has 0 amide bonds. The van der Waals surface area contributed by atoms with Gasteiger partial charge in [0, 0.05) is 0 Å². The lowest BCUT2D eigenvalue weighted by Gasteiger charge is -2.22. The van der Waals surface area contributed by atoms with E-state index in [1.807, 2.05) is 18.2 Å². The lowest BCUT2D eigenvalue weighted by atomic mass is 9.84. The van der Waals surface area contributed by atoms with E-state index in [0.717, 1.165) is 11.5 Å². The van der Waals surface area contributed by atoms with Gasteiger partial charge in [0.25, 0.3) is 0 Å². The summed E-state index contributed by atoms with van der Waals surface area (Å²) in [7, 11) is 0. The van der Waals surface area contributed by atoms with E-state index in [9.17, 15) is 0 Å². The Bertz CT molecular complexity index is 401. The SMILES string of the molecule is CC(C1CC1)C(CN)c1cccc(C#N)c1. The van der Waals surface area contributed by atoms with Gasteiger partial charge in [-0.1, -0.05) is 19.1 Å². The van der Waals surface area contributed by atoms with Gasteiger partial charge in [0.2, 0.25) is 0 Å². The normalized spacial score (nSPS) is 18.8. The zero-order valence-electron chi connectivity index (χ0n) is 9.69. The number of hydrogen-bond acceptors (Lipinski definition) is 2. The van der Waals surface area contributed by atoms with Gasteiger partial charge in [0.1, 0.15) is 0 Å². The molecule has 0 aromatic heterocycles. The number of rotatable bonds is 4. The van der Waals surface area contributed by atoms with Gasteiger partial charge in [-0.05, 0) is 54.8 Å². The highest BCUT2D eigenvalue weighted by atomic mass is 14.6. The van der Waals surface area contributed by atoms with Crippen LogP contribution >= 0.6 is 0 Å². The van der Waals surface area contributed by atoms with Crippen LogP contribution in [0.3, 0.4) is 0 Å². The fourth-order valence-corrected chi connectivity index (χ4v) is 2.44. The number of nitrogens with zero attached hydrogens (tertiary/aromatic N) is 1. The summed E-state index contributed by atoms with van der Waals surface area (Å²) in [6.45, 7) is 2.96. The summed E-state index contributed by atoms with van der Waals surface area (Å²) in [5.41, 5.74) is 7.84. The smallest absolute Gasteiger partial charge is 0.0991 e. The van der Waals surface area contributed by atoms with Crippen molar-refractivity contribution < 1.29 is 0 Å². The summed E-state index contributed by atoms with van der Waals surface area (Å²) >= 11 is 0. The van der Waals surface area contributed by atoms with E-state index in [1.165, 1.54) is 18.4 Å². The number of nitrogens with two attached hydrogens (primary N) is 1. The Labute approximate surface area is 97.1 Å². The van der Waals surface area contributed by atoms with Crippen LogP contribution in [0.15, 0.2) is 24.3 Å². The quantitative estimate of drug-likeness (QED) is 0.837. The van der Waals surface area contributed by atoms with E-state index in [0.29, 0.717) is 18.4 Å². The van der Waals surface area contributed by atoms with Crippen LogP contribution in [0.1, 0.15) is 36.8 Å². The summed E-state index contributed by atoms with van der Waals surface area (Å²) in [5.74, 6) is 1.89. The van der Waals surface area contributed by atoms with Crippen molar-refractivity contribution in [3.05, 3.63) is 35.4 Å². The van der Waals surface area contributed by atoms with Crippen molar-refractivity contribution in [1.29, 1.82) is 5.26 Å². The minimum Gasteiger partial charge on any atom is -0.330 e. The maximum atomic E-state index is 8.90. The van der Waals surface area contributed by atoms with Crippen LogP contribution in [-0.2, 0) is 0 Å². The molecule has 0 saturated heterocycles. The van der Waals surface area contributed by atoms with Crippen molar-refractivity contribution in [3.63, 3.8) is 0 Å². The second kappa shape index (κ2) is 4.67. The Balaban J connectivity index is 2.21. The van der Waals surface area contributed by atoms with Crippen molar-refractivity contribution in [3.8, 4) is 6.07 Å². The largest absolute Gasteiger partial charge is 0.330 e. The van der Waals surface area contributed by atoms with Gasteiger partial charge in [-0.25, -0.2) is 0 Å². The van der Waals surface area contributed by atoms with Crippen LogP contribution in [0.5, 0.6) is 0 Å². The topological polar surface area (TPSA) is 49.8 Å². The lowest BCUT2D eigenvalue weighted by Crippen LogP contribution is -2.21. The first-order valence-corrected chi connectivity index (χ1v) is 5.96. The van der Waals surface area contributed by atoms with E-state index in [2.05, 4.69) is 19.1 Å². The summed E-state index contributed by atoms with van der Waals surface area (Å²) in [4.78, 5) is 0. The van der Waals surface area contributed by atoms with Crippen molar-refractivity contribution in [1.82, 2.24) is 0 Å². The zero-order chi connectivity index (χ0) is 11.5. The molecule has 0 spiro atoms. The Morgan fingerprint density at radius 1 is 1.50 bits per heavy atom. The molecule has 1 aliphatic carbocycles. The van der Waals surface area contributed by atoms with Crippen LogP contribution in [-0.4, -0.2) is 6.54 Å². The van der Waals surface area contributed by atoms with Crippen LogP contribution in [0.25, 0.3) is 0 Å². The van der Waals surface area contributed by atoms with Gasteiger partial charge in [-0.3, -0.25) is 0 Å². The molecule has 2 unspecified atom stereocenters. The Hall–Kier alpha value is -1.33. The van der Waals surface area contributed by atoms with Gasteiger partial charge in [0.05, 0.1) is 11.6 Å². The van der Waals surface area contributed by atoms with Gasteiger partial charge in [-0.15, -0.1) is 0 Å². The standard InChI is InChI=1S/C14H18N2/c1-10(12-5-6-12)14(9-16)13-4-2-3-11(7-13)8-15/h2-4,7,10,12,14H,5-6,9,16H2,1H3. The van der Waals surface area contributed by atoms with E-state index in [4.69, 9.17) is 11.0 Å². The average molecular weight is 214 g/mol. The van der Waals surface area contributed by atoms with Crippen molar-refractivity contribution >= 4 is 0 Å². The highest BCUT2D eigenvalue weighted by molar-refractivity contribution is 5.35. The molecule has 1 fully saturated rings. The highest BCUT2D eigenvalue weighted by Gasteiger charge is 2.33. The molecule has 0 heterocycles. The monoisotopic (exact) mass is 214 g/mol. The van der Waals surface area contributed by atoms with E-state index >= 15 is 0 Å². The van der Waals surface area contributed by atoms with Crippen LogP contribution in [0, 0.1) is 23.2 Å². The summed E-state index contributed by atoms with van der Waals surface area (Å²) < 4.78 is 0. The molecule has 2 rings (SSSR count). The molecule has 2 heteroatoms. The van der Waals surface area contributed by atoms with E-state index in [1.54, 1.807) is 0 Å². The lowest BCUT2D eigenvalue weighted by molar-refractivity contribution is 0.414. The molecule has 1 aromatic carbocycles. The molecule has 0 radical (unpaired) electrons. The van der Waals surface area contributed by atoms with E-state index in [-0.39, 0.29) is 0 Å². The number of hydrogen-bond donors (Lipinski definition) is 1. The van der Waals surface area contributed by atoms with E-state index < -0.39 is 0 Å². The predicted molar refractivity (Wildman–Crippen MR) is 64.8 cm³/mol. The van der Waals surface area contributed by atoms with Crippen molar-refractivity contribution in [2.45, 2.75) is 25.7 Å². The molecule has 2 atom stereocenters. The molecule has 2 nitrogen and oxygen atoms in total. The maximum absolute atomic E-state index is 8.90. The molecule has 0 bridgehead atoms. The molecule has 1 saturated carbocycles. The molecule has 16 heavy (non-hydrogen) atoms. The molecule has 2 N–H and O–H groups in total. The van der Waals surface area contributed by atoms with Crippen LogP contribution in [0.4, 0.5) is 0 Å². The Kier molecular flexibility index (Phi) is 3.26. The summed E-state index contributed by atoms with van der Waals surface area (Å²) in [5, 5.41) is 8.90. The summed E-state index contributed by atoms with van der Waals surface area (Å²) in [6, 6.07) is 10.1. The highest BCUT2D eigenvalue weighted by Crippen LogP contribution is 2.43. The first kappa shape index (κ1) is 11.2. The minimum absolute atomic E-state index is 0.404. The average Bonchev–Trinajstić information content (AvgIpc) is 3.14. The first-order chi connectivity index (χ1) is 7.76. The second-order valence-corrected chi connectivity index (χ2v) is 4.78. The molecular formula is C14H18N2. The Morgan fingerprint density at radius 3 is 2.81 bits per heavy atom. The maximum Gasteiger partial charge on any atom is 0.0991 e. The third-order valence-corrected chi connectivity index (χ3v) is 3.70.